The Kier molecular flexibility index (Phi) is 5.68. The first-order chi connectivity index (χ1) is 17.8. The van der Waals surface area contributed by atoms with Gasteiger partial charge in [-0.1, -0.05) is 20.8 Å². The number of hydrogen-bond acceptors (Lipinski definition) is 4. The summed E-state index contributed by atoms with van der Waals surface area (Å²) in [4.78, 5) is 17.5. The topological polar surface area (TPSA) is 61.9 Å². The highest BCUT2D eigenvalue weighted by atomic mass is 19.1. The average molecular weight is 497 g/mol. The van der Waals surface area contributed by atoms with Gasteiger partial charge in [0.2, 0.25) is 0 Å². The van der Waals surface area contributed by atoms with Crippen molar-refractivity contribution in [3.63, 3.8) is 0 Å². The molecule has 1 fully saturated rings. The summed E-state index contributed by atoms with van der Waals surface area (Å²) in [7, 11) is 0. The van der Waals surface area contributed by atoms with Crippen molar-refractivity contribution in [2.75, 3.05) is 13.2 Å². The number of fused-ring (bicyclic) bond motifs is 2. The summed E-state index contributed by atoms with van der Waals surface area (Å²) in [5, 5.41) is 6.38. The fourth-order valence-corrected chi connectivity index (χ4v) is 5.35. The van der Waals surface area contributed by atoms with E-state index in [0.717, 1.165) is 51.5 Å². The van der Waals surface area contributed by atoms with Gasteiger partial charge >= 0.3 is 0 Å². The molecule has 1 aliphatic heterocycles. The SMILES string of the molecule is CC(C)(C)C(=O)n1ncc2cc3c(cc21)c(-c1ccncc1)c(C1CCOCC1)n3-c1ccc(F)cc1. The Morgan fingerprint density at radius 1 is 1.00 bits per heavy atom. The molecule has 3 aromatic heterocycles. The van der Waals surface area contributed by atoms with Crippen LogP contribution in [0.1, 0.15) is 50.0 Å². The molecule has 188 valence electrons. The maximum absolute atomic E-state index is 13.9. The Bertz CT molecular complexity index is 1610. The predicted molar refractivity (Wildman–Crippen MR) is 143 cm³/mol. The number of halogens is 1. The van der Waals surface area contributed by atoms with E-state index in [9.17, 15) is 9.18 Å². The molecule has 5 aromatic rings. The van der Waals surface area contributed by atoms with E-state index in [2.05, 4.69) is 26.8 Å². The molecule has 37 heavy (non-hydrogen) atoms. The molecule has 1 aliphatic rings. The summed E-state index contributed by atoms with van der Waals surface area (Å²) in [6.07, 6.45) is 7.14. The van der Waals surface area contributed by atoms with E-state index in [1.807, 2.05) is 45.0 Å². The zero-order valence-electron chi connectivity index (χ0n) is 21.2. The van der Waals surface area contributed by atoms with Gasteiger partial charge in [-0.3, -0.25) is 9.78 Å². The summed E-state index contributed by atoms with van der Waals surface area (Å²) in [5.74, 6) is -0.0772. The third kappa shape index (κ3) is 4.03. The van der Waals surface area contributed by atoms with Crippen LogP contribution >= 0.6 is 0 Å². The number of benzene rings is 2. The van der Waals surface area contributed by atoms with Gasteiger partial charge in [0.25, 0.3) is 5.91 Å². The van der Waals surface area contributed by atoms with Gasteiger partial charge in [-0.05, 0) is 66.9 Å². The van der Waals surface area contributed by atoms with E-state index in [-0.39, 0.29) is 17.6 Å². The van der Waals surface area contributed by atoms with Crippen molar-refractivity contribution in [2.45, 2.75) is 39.5 Å². The Labute approximate surface area is 214 Å². The fraction of sp³-hybridized carbons (Fsp3) is 0.300. The van der Waals surface area contributed by atoms with E-state index in [4.69, 9.17) is 4.74 Å². The molecule has 0 amide bonds. The van der Waals surface area contributed by atoms with Crippen LogP contribution in [0.3, 0.4) is 0 Å². The van der Waals surface area contributed by atoms with Crippen molar-refractivity contribution in [2.24, 2.45) is 5.41 Å². The Morgan fingerprint density at radius 2 is 1.70 bits per heavy atom. The maximum Gasteiger partial charge on any atom is 0.252 e. The highest BCUT2D eigenvalue weighted by molar-refractivity contribution is 6.07. The van der Waals surface area contributed by atoms with Crippen LogP contribution in [-0.2, 0) is 4.74 Å². The molecule has 0 unspecified atom stereocenters. The van der Waals surface area contributed by atoms with E-state index >= 15 is 0 Å². The number of pyridine rings is 1. The lowest BCUT2D eigenvalue weighted by Crippen LogP contribution is -2.27. The summed E-state index contributed by atoms with van der Waals surface area (Å²) in [5.41, 5.74) is 5.42. The van der Waals surface area contributed by atoms with Gasteiger partial charge in [0, 0.05) is 64.7 Å². The molecule has 0 radical (unpaired) electrons. The molecular formula is C30H29FN4O2. The smallest absolute Gasteiger partial charge is 0.252 e. The molecular weight excluding hydrogens is 467 g/mol. The third-order valence-corrected chi connectivity index (χ3v) is 7.19. The summed E-state index contributed by atoms with van der Waals surface area (Å²) in [6.45, 7) is 7.10. The van der Waals surface area contributed by atoms with Crippen molar-refractivity contribution in [1.82, 2.24) is 19.3 Å². The van der Waals surface area contributed by atoms with Gasteiger partial charge in [0.1, 0.15) is 5.82 Å². The Morgan fingerprint density at radius 3 is 2.38 bits per heavy atom. The van der Waals surface area contributed by atoms with Crippen LogP contribution in [0.25, 0.3) is 38.6 Å². The third-order valence-electron chi connectivity index (χ3n) is 7.19. The Balaban J connectivity index is 1.73. The van der Waals surface area contributed by atoms with Crippen LogP contribution in [0, 0.1) is 11.2 Å². The van der Waals surface area contributed by atoms with Crippen molar-refractivity contribution in [3.8, 4) is 16.8 Å². The van der Waals surface area contributed by atoms with E-state index in [1.54, 1.807) is 18.6 Å². The maximum atomic E-state index is 13.9. The number of carbonyl (C=O) groups excluding carboxylic acids is 1. The highest BCUT2D eigenvalue weighted by Gasteiger charge is 2.30. The van der Waals surface area contributed by atoms with E-state index < -0.39 is 5.41 Å². The first-order valence-electron chi connectivity index (χ1n) is 12.7. The van der Waals surface area contributed by atoms with Crippen LogP contribution in [-0.4, -0.2) is 38.5 Å². The molecule has 2 aromatic carbocycles. The van der Waals surface area contributed by atoms with Crippen LogP contribution < -0.4 is 0 Å². The number of rotatable bonds is 3. The first kappa shape index (κ1) is 23.6. The largest absolute Gasteiger partial charge is 0.381 e. The van der Waals surface area contributed by atoms with Crippen LogP contribution in [0.2, 0.25) is 0 Å². The molecule has 1 saturated heterocycles. The molecule has 0 atom stereocenters. The molecule has 0 saturated carbocycles. The standard InChI is InChI=1S/C30H29FN4O2/c1-30(2,3)29(36)35-25-17-24-26(16-21(25)18-33-35)34(23-6-4-22(31)5-7-23)28(20-10-14-37-15-11-20)27(24)19-8-12-32-13-9-19/h4-9,12-13,16-18,20H,10-11,14-15H2,1-3H3. The second kappa shape index (κ2) is 8.92. The van der Waals surface area contributed by atoms with Gasteiger partial charge in [-0.25, -0.2) is 4.39 Å². The van der Waals surface area contributed by atoms with Crippen molar-refractivity contribution in [3.05, 3.63) is 78.6 Å². The minimum atomic E-state index is -0.574. The minimum absolute atomic E-state index is 0.0602. The van der Waals surface area contributed by atoms with E-state index in [0.29, 0.717) is 13.2 Å². The first-order valence-corrected chi connectivity index (χ1v) is 12.7. The van der Waals surface area contributed by atoms with E-state index in [1.165, 1.54) is 22.5 Å². The molecule has 4 heterocycles. The van der Waals surface area contributed by atoms with Gasteiger partial charge in [0.05, 0.1) is 17.2 Å². The quantitative estimate of drug-likeness (QED) is 0.277. The second-order valence-electron chi connectivity index (χ2n) is 10.7. The van der Waals surface area contributed by atoms with Crippen LogP contribution in [0.5, 0.6) is 0 Å². The molecule has 0 N–H and O–H groups in total. The summed E-state index contributed by atoms with van der Waals surface area (Å²) >= 11 is 0. The van der Waals surface area contributed by atoms with Crippen LogP contribution in [0.4, 0.5) is 4.39 Å². The molecule has 0 aliphatic carbocycles. The lowest BCUT2D eigenvalue weighted by Gasteiger charge is -2.25. The zero-order chi connectivity index (χ0) is 25.7. The molecule has 0 bridgehead atoms. The monoisotopic (exact) mass is 496 g/mol. The number of ether oxygens (including phenoxy) is 1. The second-order valence-corrected chi connectivity index (χ2v) is 10.7. The Hall–Kier alpha value is -3.84. The molecule has 6 rings (SSSR count). The highest BCUT2D eigenvalue weighted by Crippen LogP contribution is 2.44. The molecule has 7 heteroatoms. The number of nitrogens with zero attached hydrogens (tertiary/aromatic N) is 4. The molecule has 6 nitrogen and oxygen atoms in total. The van der Waals surface area contributed by atoms with Gasteiger partial charge in [0.15, 0.2) is 0 Å². The zero-order valence-corrected chi connectivity index (χ0v) is 21.2. The molecule has 0 spiro atoms. The van der Waals surface area contributed by atoms with Crippen molar-refractivity contribution in [1.29, 1.82) is 0 Å². The van der Waals surface area contributed by atoms with Gasteiger partial charge < -0.3 is 9.30 Å². The van der Waals surface area contributed by atoms with Crippen molar-refractivity contribution >= 4 is 27.7 Å². The normalized spacial score (nSPS) is 15.0. The lowest BCUT2D eigenvalue weighted by atomic mass is 9.90. The number of aromatic nitrogens is 4. The lowest BCUT2D eigenvalue weighted by molar-refractivity contribution is 0.0755. The average Bonchev–Trinajstić information content (AvgIpc) is 3.46. The number of carbonyl (C=O) groups is 1. The summed E-state index contributed by atoms with van der Waals surface area (Å²) in [6, 6.07) is 14.9. The summed E-state index contributed by atoms with van der Waals surface area (Å²) < 4.78 is 23.4. The minimum Gasteiger partial charge on any atom is -0.381 e. The van der Waals surface area contributed by atoms with Gasteiger partial charge in [-0.2, -0.15) is 9.78 Å². The predicted octanol–water partition coefficient (Wildman–Crippen LogP) is 6.76. The van der Waals surface area contributed by atoms with Crippen LogP contribution in [0.15, 0.2) is 67.1 Å². The van der Waals surface area contributed by atoms with Crippen molar-refractivity contribution < 1.29 is 13.9 Å². The number of hydrogen-bond donors (Lipinski definition) is 0. The fourth-order valence-electron chi connectivity index (χ4n) is 5.35. The van der Waals surface area contributed by atoms with Gasteiger partial charge in [-0.15, -0.1) is 0 Å².